The number of halogens is 2. The number of aryl methyl sites for hydroxylation is 2. The number of hydrogen-bond donors (Lipinski definition) is 0. The van der Waals surface area contributed by atoms with Crippen molar-refractivity contribution in [3.63, 3.8) is 0 Å². The van der Waals surface area contributed by atoms with Crippen LogP contribution in [0, 0.1) is 6.92 Å². The molecule has 2 aromatic heterocycles. The normalized spacial score (nSPS) is 13.9. The molecule has 1 saturated heterocycles. The first-order valence-electron chi connectivity index (χ1n) is 16.2. The fraction of sp³-hybridized carbons (Fsp3) is 0.297. The van der Waals surface area contributed by atoms with Gasteiger partial charge in [-0.25, -0.2) is 22.2 Å². The van der Waals surface area contributed by atoms with E-state index in [9.17, 15) is 22.0 Å². The van der Waals surface area contributed by atoms with Crippen LogP contribution in [0.15, 0.2) is 96.0 Å². The molecule has 5 aromatic rings. The quantitative estimate of drug-likeness (QED) is 0.154. The number of ether oxygens (including phenoxy) is 2. The van der Waals surface area contributed by atoms with Crippen molar-refractivity contribution < 1.29 is 31.5 Å². The van der Waals surface area contributed by atoms with Gasteiger partial charge in [-0.05, 0) is 61.0 Å². The number of aromatic nitrogens is 2. The molecule has 1 aliphatic rings. The summed E-state index contributed by atoms with van der Waals surface area (Å²) < 4.78 is 66.0. The molecule has 1 amide bonds. The van der Waals surface area contributed by atoms with E-state index in [1.165, 1.54) is 17.5 Å². The number of rotatable bonds is 12. The fourth-order valence-corrected chi connectivity index (χ4v) is 7.01. The van der Waals surface area contributed by atoms with Crippen LogP contribution in [0.25, 0.3) is 10.9 Å². The molecule has 0 bridgehead atoms. The van der Waals surface area contributed by atoms with Gasteiger partial charge in [-0.15, -0.1) is 0 Å². The SMILES string of the molecule is Cc1ccc(S(=O)(=O)N(C)c2ccc(Oc3ccc4cc(C(=O)N5CCN(Cc6ccc(OC(CF)CF)cc6)CC5)n(C)c4c3)nc2)cc1. The zero-order valence-electron chi connectivity index (χ0n) is 28.1. The highest BCUT2D eigenvalue weighted by Gasteiger charge is 2.25. The van der Waals surface area contributed by atoms with Crippen molar-refractivity contribution in [3.05, 3.63) is 108 Å². The van der Waals surface area contributed by atoms with Crippen LogP contribution in [0.2, 0.25) is 0 Å². The molecule has 10 nitrogen and oxygen atoms in total. The topological polar surface area (TPSA) is 97.2 Å². The van der Waals surface area contributed by atoms with E-state index in [4.69, 9.17) is 9.47 Å². The summed E-state index contributed by atoms with van der Waals surface area (Å²) in [5.41, 5.74) is 3.80. The summed E-state index contributed by atoms with van der Waals surface area (Å²) >= 11 is 0. The summed E-state index contributed by atoms with van der Waals surface area (Å²) in [5, 5.41) is 0.893. The molecule has 0 N–H and O–H groups in total. The number of amides is 1. The summed E-state index contributed by atoms with van der Waals surface area (Å²) in [6.07, 6.45) is 0.364. The van der Waals surface area contributed by atoms with E-state index >= 15 is 0 Å². The summed E-state index contributed by atoms with van der Waals surface area (Å²) in [6, 6.07) is 24.6. The minimum atomic E-state index is -3.75. The van der Waals surface area contributed by atoms with Gasteiger partial charge in [0.25, 0.3) is 15.9 Å². The van der Waals surface area contributed by atoms with E-state index < -0.39 is 29.5 Å². The molecule has 13 heteroatoms. The van der Waals surface area contributed by atoms with E-state index in [0.29, 0.717) is 61.5 Å². The maximum atomic E-state index is 13.6. The van der Waals surface area contributed by atoms with Crippen LogP contribution in [0.3, 0.4) is 0 Å². The van der Waals surface area contributed by atoms with Crippen LogP contribution < -0.4 is 13.8 Å². The molecule has 0 unspecified atom stereocenters. The Balaban J connectivity index is 1.06. The van der Waals surface area contributed by atoms with Gasteiger partial charge in [-0.3, -0.25) is 14.0 Å². The predicted molar refractivity (Wildman–Crippen MR) is 188 cm³/mol. The highest BCUT2D eigenvalue weighted by molar-refractivity contribution is 7.92. The first-order valence-corrected chi connectivity index (χ1v) is 17.7. The number of benzene rings is 3. The standard InChI is InChI=1S/C37H39F2N5O5S/c1-26-4-13-33(14-5-26)50(46,47)42(3)29-9-15-36(40-24-29)49-31-12-8-28-20-35(41(2)34(28)21-31)37(45)44-18-16-43(17-19-44)25-27-6-10-30(11-7-27)48-32(22-38)23-39/h4-15,20-21,24,32H,16-19,22-23,25H2,1-3H3. The second-order valence-corrected chi connectivity index (χ2v) is 14.3. The minimum Gasteiger partial charge on any atom is -0.485 e. The first kappa shape index (κ1) is 34.8. The molecule has 1 aliphatic heterocycles. The number of anilines is 1. The largest absolute Gasteiger partial charge is 0.485 e. The molecule has 1 fully saturated rings. The van der Waals surface area contributed by atoms with Gasteiger partial charge in [0.15, 0.2) is 6.10 Å². The molecule has 0 aliphatic carbocycles. The molecule has 50 heavy (non-hydrogen) atoms. The molecule has 3 heterocycles. The lowest BCUT2D eigenvalue weighted by molar-refractivity contribution is 0.0619. The second kappa shape index (κ2) is 14.9. The van der Waals surface area contributed by atoms with Crippen LogP contribution in [-0.4, -0.2) is 86.4 Å². The van der Waals surface area contributed by atoms with Gasteiger partial charge in [0.2, 0.25) is 5.88 Å². The molecule has 0 spiro atoms. The molecular weight excluding hydrogens is 664 g/mol. The van der Waals surface area contributed by atoms with Crippen LogP contribution in [0.4, 0.5) is 14.5 Å². The average Bonchev–Trinajstić information content (AvgIpc) is 3.46. The Labute approximate surface area is 290 Å². The fourth-order valence-electron chi connectivity index (χ4n) is 5.82. The van der Waals surface area contributed by atoms with Gasteiger partial charge in [-0.2, -0.15) is 0 Å². The zero-order valence-corrected chi connectivity index (χ0v) is 28.9. The third-order valence-corrected chi connectivity index (χ3v) is 10.7. The van der Waals surface area contributed by atoms with Crippen LogP contribution in [-0.2, 0) is 23.6 Å². The number of carbonyl (C=O) groups is 1. The third kappa shape index (κ3) is 7.58. The number of sulfonamides is 1. The Morgan fingerprint density at radius 3 is 2.22 bits per heavy atom. The van der Waals surface area contributed by atoms with Crippen molar-refractivity contribution >= 4 is 32.5 Å². The number of nitrogens with zero attached hydrogens (tertiary/aromatic N) is 5. The summed E-state index contributed by atoms with van der Waals surface area (Å²) in [4.78, 5) is 22.2. The van der Waals surface area contributed by atoms with Gasteiger partial charge in [-0.1, -0.05) is 29.8 Å². The number of piperazine rings is 1. The molecule has 262 valence electrons. The Bertz CT molecular complexity index is 2040. The van der Waals surface area contributed by atoms with Crippen molar-refractivity contribution in [1.82, 2.24) is 19.4 Å². The van der Waals surface area contributed by atoms with Crippen molar-refractivity contribution in [1.29, 1.82) is 0 Å². The molecule has 3 aromatic carbocycles. The van der Waals surface area contributed by atoms with E-state index in [1.807, 2.05) is 53.8 Å². The third-order valence-electron chi connectivity index (χ3n) is 8.86. The van der Waals surface area contributed by atoms with E-state index in [2.05, 4.69) is 9.88 Å². The molecule has 0 atom stereocenters. The number of pyridine rings is 1. The van der Waals surface area contributed by atoms with Gasteiger partial charge in [0.1, 0.15) is 30.5 Å². The minimum absolute atomic E-state index is 0.0513. The van der Waals surface area contributed by atoms with Gasteiger partial charge < -0.3 is 18.9 Å². The van der Waals surface area contributed by atoms with Crippen LogP contribution in [0.5, 0.6) is 17.4 Å². The zero-order chi connectivity index (χ0) is 35.4. The van der Waals surface area contributed by atoms with E-state index in [0.717, 1.165) is 22.0 Å². The highest BCUT2D eigenvalue weighted by Crippen LogP contribution is 2.29. The lowest BCUT2D eigenvalue weighted by Crippen LogP contribution is -2.48. The second-order valence-electron chi connectivity index (χ2n) is 12.3. The van der Waals surface area contributed by atoms with Gasteiger partial charge in [0.05, 0.1) is 22.3 Å². The molecule has 0 radical (unpaired) electrons. The predicted octanol–water partition coefficient (Wildman–Crippen LogP) is 6.14. The van der Waals surface area contributed by atoms with E-state index in [1.54, 1.807) is 54.6 Å². The van der Waals surface area contributed by atoms with Crippen molar-refractivity contribution in [3.8, 4) is 17.4 Å². The van der Waals surface area contributed by atoms with Crippen molar-refractivity contribution in [2.24, 2.45) is 7.05 Å². The first-order chi connectivity index (χ1) is 24.0. The number of hydrogen-bond acceptors (Lipinski definition) is 7. The number of carbonyl (C=O) groups excluding carboxylic acids is 1. The maximum Gasteiger partial charge on any atom is 0.270 e. The highest BCUT2D eigenvalue weighted by atomic mass is 32.2. The number of fused-ring (bicyclic) bond motifs is 1. The monoisotopic (exact) mass is 703 g/mol. The summed E-state index contributed by atoms with van der Waals surface area (Å²) in [5.74, 6) is 1.20. The Morgan fingerprint density at radius 1 is 0.900 bits per heavy atom. The lowest BCUT2D eigenvalue weighted by atomic mass is 10.2. The molecule has 6 rings (SSSR count). The van der Waals surface area contributed by atoms with Crippen molar-refractivity contribution in [2.45, 2.75) is 24.5 Å². The average molecular weight is 704 g/mol. The summed E-state index contributed by atoms with van der Waals surface area (Å²) in [6.45, 7) is 3.39. The van der Waals surface area contributed by atoms with Crippen molar-refractivity contribution in [2.75, 3.05) is 50.9 Å². The van der Waals surface area contributed by atoms with Crippen LogP contribution in [0.1, 0.15) is 21.6 Å². The molecule has 0 saturated carbocycles. The smallest absolute Gasteiger partial charge is 0.270 e. The molecular formula is C37H39F2N5O5S. The van der Waals surface area contributed by atoms with Crippen LogP contribution >= 0.6 is 0 Å². The van der Waals surface area contributed by atoms with E-state index in [-0.39, 0.29) is 10.8 Å². The Kier molecular flexibility index (Phi) is 10.3. The lowest BCUT2D eigenvalue weighted by Gasteiger charge is -2.34. The maximum absolute atomic E-state index is 13.6. The van der Waals surface area contributed by atoms with Gasteiger partial charge in [0, 0.05) is 64.3 Å². The van der Waals surface area contributed by atoms with Gasteiger partial charge >= 0.3 is 0 Å². The Morgan fingerprint density at radius 2 is 1.58 bits per heavy atom. The summed E-state index contributed by atoms with van der Waals surface area (Å²) in [7, 11) is -0.416. The number of alkyl halides is 2. The Hall–Kier alpha value is -5.01.